The van der Waals surface area contributed by atoms with Gasteiger partial charge in [-0.05, 0) is 42.3 Å². The molecule has 0 aliphatic carbocycles. The van der Waals surface area contributed by atoms with Gasteiger partial charge >= 0.3 is 0 Å². The number of aromatic nitrogens is 1. The molecule has 2 aromatic carbocycles. The molecule has 2 heterocycles. The van der Waals surface area contributed by atoms with Crippen molar-refractivity contribution in [1.82, 2.24) is 10.3 Å². The minimum Gasteiger partial charge on any atom is -0.487 e. The summed E-state index contributed by atoms with van der Waals surface area (Å²) in [6, 6.07) is 14.3. The Morgan fingerprint density at radius 1 is 1.25 bits per heavy atom. The normalized spacial score (nSPS) is 15.0. The average Bonchev–Trinajstić information content (AvgIpc) is 3.12. The van der Waals surface area contributed by atoms with Crippen LogP contribution in [0, 0.1) is 12.7 Å². The molecule has 6 heteroatoms. The van der Waals surface area contributed by atoms with E-state index >= 15 is 0 Å². The lowest BCUT2D eigenvalue weighted by atomic mass is 10.0. The molecule has 1 amide bonds. The third kappa shape index (κ3) is 3.58. The summed E-state index contributed by atoms with van der Waals surface area (Å²) in [6.07, 6.45) is 2.25. The fourth-order valence-corrected chi connectivity index (χ4v) is 3.44. The third-order valence-electron chi connectivity index (χ3n) is 4.70. The molecule has 1 N–H and O–H groups in total. The van der Waals surface area contributed by atoms with E-state index in [0.717, 1.165) is 28.1 Å². The van der Waals surface area contributed by atoms with Gasteiger partial charge in [-0.1, -0.05) is 35.9 Å². The van der Waals surface area contributed by atoms with Crippen molar-refractivity contribution in [3.8, 4) is 17.0 Å². The van der Waals surface area contributed by atoms with Gasteiger partial charge in [-0.25, -0.2) is 4.39 Å². The van der Waals surface area contributed by atoms with Crippen molar-refractivity contribution in [2.24, 2.45) is 0 Å². The molecule has 4 nitrogen and oxygen atoms in total. The van der Waals surface area contributed by atoms with Crippen molar-refractivity contribution in [1.29, 1.82) is 0 Å². The zero-order valence-electron chi connectivity index (χ0n) is 15.2. The van der Waals surface area contributed by atoms with Gasteiger partial charge < -0.3 is 10.1 Å². The number of hydrogen-bond acceptors (Lipinski definition) is 3. The Hall–Kier alpha value is -2.92. The molecule has 1 aromatic heterocycles. The van der Waals surface area contributed by atoms with Crippen LogP contribution in [0.1, 0.15) is 21.5 Å². The van der Waals surface area contributed by atoms with E-state index in [1.165, 1.54) is 12.1 Å². The first-order valence-corrected chi connectivity index (χ1v) is 9.34. The molecule has 1 aliphatic rings. The van der Waals surface area contributed by atoms with Crippen LogP contribution in [-0.2, 0) is 6.42 Å². The number of halogens is 2. The number of hydrogen-bond donors (Lipinski definition) is 1. The summed E-state index contributed by atoms with van der Waals surface area (Å²) in [7, 11) is 0. The monoisotopic (exact) mass is 396 g/mol. The highest BCUT2D eigenvalue weighted by Gasteiger charge is 2.27. The lowest BCUT2D eigenvalue weighted by Crippen LogP contribution is -2.34. The number of carbonyl (C=O) groups is 1. The highest BCUT2D eigenvalue weighted by Crippen LogP contribution is 2.37. The summed E-state index contributed by atoms with van der Waals surface area (Å²) in [5.74, 6) is -0.447. The molecule has 4 rings (SSSR count). The second-order valence-corrected chi connectivity index (χ2v) is 7.18. The van der Waals surface area contributed by atoms with Crippen LogP contribution in [0.4, 0.5) is 4.39 Å². The first-order chi connectivity index (χ1) is 13.5. The van der Waals surface area contributed by atoms with Crippen molar-refractivity contribution in [3.63, 3.8) is 0 Å². The van der Waals surface area contributed by atoms with Crippen molar-refractivity contribution >= 4 is 17.5 Å². The van der Waals surface area contributed by atoms with E-state index in [-0.39, 0.29) is 23.2 Å². The lowest BCUT2D eigenvalue weighted by Gasteiger charge is -2.14. The van der Waals surface area contributed by atoms with Crippen LogP contribution in [0.2, 0.25) is 5.02 Å². The lowest BCUT2D eigenvalue weighted by molar-refractivity contribution is 0.0929. The van der Waals surface area contributed by atoms with E-state index in [4.69, 9.17) is 16.3 Å². The summed E-state index contributed by atoms with van der Waals surface area (Å²) < 4.78 is 20.1. The van der Waals surface area contributed by atoms with Crippen LogP contribution in [0.25, 0.3) is 11.3 Å². The molecule has 0 spiro atoms. The molecule has 3 aromatic rings. The molecule has 1 aliphatic heterocycles. The van der Waals surface area contributed by atoms with Gasteiger partial charge in [0.05, 0.1) is 22.8 Å². The second kappa shape index (κ2) is 7.60. The zero-order valence-corrected chi connectivity index (χ0v) is 16.0. The Bertz CT molecular complexity index is 1040. The van der Waals surface area contributed by atoms with Gasteiger partial charge in [0.25, 0.3) is 5.91 Å². The molecule has 0 saturated carbocycles. The van der Waals surface area contributed by atoms with E-state index in [1.807, 2.05) is 43.5 Å². The highest BCUT2D eigenvalue weighted by atomic mass is 35.5. The quantitative estimate of drug-likeness (QED) is 0.702. The van der Waals surface area contributed by atoms with Crippen LogP contribution in [0.5, 0.6) is 5.75 Å². The number of ether oxygens (including phenoxy) is 1. The molecular formula is C22H18ClFN2O2. The fourth-order valence-electron chi connectivity index (χ4n) is 3.26. The smallest absolute Gasteiger partial charge is 0.254 e. The van der Waals surface area contributed by atoms with Crippen LogP contribution in [-0.4, -0.2) is 23.5 Å². The Labute approximate surface area is 167 Å². The van der Waals surface area contributed by atoms with Gasteiger partial charge in [0, 0.05) is 18.2 Å². The fraction of sp³-hybridized carbons (Fsp3) is 0.182. The van der Waals surface area contributed by atoms with Gasteiger partial charge in [0.15, 0.2) is 5.82 Å². The molecule has 0 saturated heterocycles. The number of pyridine rings is 1. The molecule has 0 radical (unpaired) electrons. The standard InChI is InChI=1S/C22H18ClFN2O2/c1-13-8-9-19(25-11-13)16-5-2-4-14-10-15(28-21(14)16)12-26-22(27)17-6-3-7-18(23)20(17)24/h2-9,11,15H,10,12H2,1H3,(H,26,27)/t15-/m1/s1. The SMILES string of the molecule is Cc1ccc(-c2cccc3c2O[C@@H](CNC(=O)c2cccc(Cl)c2F)C3)nc1. The Kier molecular flexibility index (Phi) is 5.01. The molecule has 0 bridgehead atoms. The summed E-state index contributed by atoms with van der Waals surface area (Å²) in [4.78, 5) is 16.8. The molecule has 1 atom stereocenters. The first kappa shape index (κ1) is 18.4. The number of fused-ring (bicyclic) bond motifs is 1. The molecular weight excluding hydrogens is 379 g/mol. The van der Waals surface area contributed by atoms with Crippen molar-refractivity contribution < 1.29 is 13.9 Å². The average molecular weight is 397 g/mol. The van der Waals surface area contributed by atoms with E-state index in [2.05, 4.69) is 10.3 Å². The zero-order chi connectivity index (χ0) is 19.7. The molecule has 0 unspecified atom stereocenters. The van der Waals surface area contributed by atoms with Gasteiger partial charge in [0.2, 0.25) is 0 Å². The Balaban J connectivity index is 1.47. The van der Waals surface area contributed by atoms with Crippen LogP contribution in [0.3, 0.4) is 0 Å². The topological polar surface area (TPSA) is 51.2 Å². The van der Waals surface area contributed by atoms with Crippen molar-refractivity contribution in [2.75, 3.05) is 6.54 Å². The van der Waals surface area contributed by atoms with Crippen molar-refractivity contribution in [2.45, 2.75) is 19.4 Å². The van der Waals surface area contributed by atoms with Gasteiger partial charge in [-0.15, -0.1) is 0 Å². The van der Waals surface area contributed by atoms with Crippen molar-refractivity contribution in [3.05, 3.63) is 82.3 Å². The number of benzene rings is 2. The van der Waals surface area contributed by atoms with Gasteiger partial charge in [-0.2, -0.15) is 0 Å². The number of para-hydroxylation sites is 1. The maximum absolute atomic E-state index is 14.0. The summed E-state index contributed by atoms with van der Waals surface area (Å²) >= 11 is 5.75. The maximum Gasteiger partial charge on any atom is 0.254 e. The van der Waals surface area contributed by atoms with Crippen LogP contribution in [0.15, 0.2) is 54.7 Å². The predicted molar refractivity (Wildman–Crippen MR) is 106 cm³/mol. The van der Waals surface area contributed by atoms with E-state index in [1.54, 1.807) is 6.07 Å². The number of rotatable bonds is 4. The first-order valence-electron chi connectivity index (χ1n) is 8.96. The summed E-state index contributed by atoms with van der Waals surface area (Å²) in [5.41, 5.74) is 3.84. The minimum atomic E-state index is -0.718. The van der Waals surface area contributed by atoms with E-state index in [9.17, 15) is 9.18 Å². The largest absolute Gasteiger partial charge is 0.487 e. The number of amides is 1. The van der Waals surface area contributed by atoms with Crippen LogP contribution >= 0.6 is 11.6 Å². The van der Waals surface area contributed by atoms with E-state index in [0.29, 0.717) is 6.42 Å². The Morgan fingerprint density at radius 2 is 2.07 bits per heavy atom. The molecule has 28 heavy (non-hydrogen) atoms. The number of nitrogens with one attached hydrogen (secondary N) is 1. The maximum atomic E-state index is 14.0. The summed E-state index contributed by atoms with van der Waals surface area (Å²) in [6.45, 7) is 2.25. The summed E-state index contributed by atoms with van der Waals surface area (Å²) in [5, 5.41) is 2.66. The van der Waals surface area contributed by atoms with Gasteiger partial charge in [0.1, 0.15) is 11.9 Å². The Morgan fingerprint density at radius 3 is 2.86 bits per heavy atom. The highest BCUT2D eigenvalue weighted by molar-refractivity contribution is 6.31. The van der Waals surface area contributed by atoms with Gasteiger partial charge in [-0.3, -0.25) is 9.78 Å². The molecule has 0 fully saturated rings. The number of carbonyl (C=O) groups excluding carboxylic acids is 1. The second-order valence-electron chi connectivity index (χ2n) is 6.77. The third-order valence-corrected chi connectivity index (χ3v) is 4.99. The van der Waals surface area contributed by atoms with Crippen LogP contribution < -0.4 is 10.1 Å². The molecule has 142 valence electrons. The van der Waals surface area contributed by atoms with E-state index < -0.39 is 11.7 Å². The number of nitrogens with zero attached hydrogens (tertiary/aromatic N) is 1. The predicted octanol–water partition coefficient (Wildman–Crippen LogP) is 4.58. The number of aryl methyl sites for hydroxylation is 1. The minimum absolute atomic E-state index is 0.0763.